The number of hydrogen-bond acceptors (Lipinski definition) is 0. The van der Waals surface area contributed by atoms with Gasteiger partial charge in [0.15, 0.2) is 0 Å². The van der Waals surface area contributed by atoms with E-state index in [2.05, 4.69) is 108 Å². The summed E-state index contributed by atoms with van der Waals surface area (Å²) in [5, 5.41) is 1.34. The molecule has 138 valence electrons. The lowest BCUT2D eigenvalue weighted by Crippen LogP contribution is -2.00. The maximum absolute atomic E-state index is 2.52. The summed E-state index contributed by atoms with van der Waals surface area (Å²) in [5.41, 5.74) is 10.6. The van der Waals surface area contributed by atoms with E-state index in [0.29, 0.717) is 0 Å². The smallest absolute Gasteiger partial charge is 0.0619 e. The Labute approximate surface area is 170 Å². The van der Waals surface area contributed by atoms with Crippen LogP contribution in [0.3, 0.4) is 0 Å². The van der Waals surface area contributed by atoms with Crippen molar-refractivity contribution in [1.29, 1.82) is 0 Å². The van der Waals surface area contributed by atoms with Gasteiger partial charge < -0.3 is 4.57 Å². The number of nitrogens with zero attached hydrogens (tertiary/aromatic N) is 1. The number of benzene rings is 4. The van der Waals surface area contributed by atoms with E-state index in [1.54, 1.807) is 0 Å². The molecule has 0 radical (unpaired) electrons. The van der Waals surface area contributed by atoms with Crippen LogP contribution in [0.25, 0.3) is 39.0 Å². The zero-order chi connectivity index (χ0) is 19.2. The van der Waals surface area contributed by atoms with Crippen LogP contribution in [0, 0.1) is 0 Å². The van der Waals surface area contributed by atoms with Crippen molar-refractivity contribution in [1.82, 2.24) is 4.57 Å². The van der Waals surface area contributed by atoms with Gasteiger partial charge in [0.1, 0.15) is 0 Å². The van der Waals surface area contributed by atoms with Crippen molar-refractivity contribution in [3.63, 3.8) is 0 Å². The van der Waals surface area contributed by atoms with Gasteiger partial charge in [-0.2, -0.15) is 0 Å². The summed E-state index contributed by atoms with van der Waals surface area (Å²) in [6.45, 7) is 0. The molecule has 0 N–H and O–H groups in total. The first kappa shape index (κ1) is 16.4. The van der Waals surface area contributed by atoms with E-state index in [1.807, 2.05) is 0 Å². The zero-order valence-electron chi connectivity index (χ0n) is 16.2. The first-order valence-corrected chi connectivity index (χ1v) is 10.3. The lowest BCUT2D eigenvalue weighted by atomic mass is 9.96. The molecule has 0 bridgehead atoms. The predicted molar refractivity (Wildman–Crippen MR) is 122 cm³/mol. The number of rotatable bonds is 2. The molecule has 4 aromatic carbocycles. The van der Waals surface area contributed by atoms with Gasteiger partial charge in [0.25, 0.3) is 0 Å². The Hall–Kier alpha value is -3.58. The van der Waals surface area contributed by atoms with Crippen molar-refractivity contribution in [3.8, 4) is 28.1 Å². The van der Waals surface area contributed by atoms with Crippen molar-refractivity contribution in [3.05, 3.63) is 114 Å². The van der Waals surface area contributed by atoms with Gasteiger partial charge >= 0.3 is 0 Å². The topological polar surface area (TPSA) is 4.93 Å². The molecule has 5 aromatic rings. The number of aryl methyl sites for hydroxylation is 2. The normalized spacial score (nSPS) is 12.6. The summed E-state index contributed by atoms with van der Waals surface area (Å²) in [5.74, 6) is 0. The largest absolute Gasteiger partial charge is 0.308 e. The van der Waals surface area contributed by atoms with Crippen molar-refractivity contribution in [2.45, 2.75) is 12.8 Å². The Kier molecular flexibility index (Phi) is 3.67. The molecule has 0 atom stereocenters. The summed E-state index contributed by atoms with van der Waals surface area (Å²) in [7, 11) is 0. The molecule has 1 aromatic heterocycles. The average molecular weight is 371 g/mol. The van der Waals surface area contributed by atoms with Crippen LogP contribution in [0.15, 0.2) is 103 Å². The minimum atomic E-state index is 1.07. The van der Waals surface area contributed by atoms with E-state index in [0.717, 1.165) is 12.8 Å². The fourth-order valence-electron chi connectivity index (χ4n) is 4.83. The van der Waals surface area contributed by atoms with Crippen LogP contribution in [0.5, 0.6) is 0 Å². The first-order chi connectivity index (χ1) is 14.4. The van der Waals surface area contributed by atoms with Gasteiger partial charge in [0.05, 0.1) is 11.2 Å². The highest BCUT2D eigenvalue weighted by Gasteiger charge is 2.25. The molecular formula is C28H21N. The van der Waals surface area contributed by atoms with Gasteiger partial charge in [-0.05, 0) is 41.2 Å². The van der Waals surface area contributed by atoms with E-state index < -0.39 is 0 Å². The van der Waals surface area contributed by atoms with Crippen LogP contribution in [0.2, 0.25) is 0 Å². The Balaban J connectivity index is 1.85. The molecule has 1 heteroatoms. The third kappa shape index (κ3) is 2.48. The lowest BCUT2D eigenvalue weighted by Gasteiger charge is -2.15. The molecule has 1 aliphatic heterocycles. The second-order valence-electron chi connectivity index (χ2n) is 7.73. The van der Waals surface area contributed by atoms with Crippen LogP contribution >= 0.6 is 0 Å². The third-order valence-corrected chi connectivity index (χ3v) is 6.08. The molecule has 0 unspecified atom stereocenters. The maximum Gasteiger partial charge on any atom is 0.0619 e. The van der Waals surface area contributed by atoms with Crippen LogP contribution in [0.1, 0.15) is 11.1 Å². The fourth-order valence-corrected chi connectivity index (χ4v) is 4.83. The Morgan fingerprint density at radius 3 is 1.93 bits per heavy atom. The van der Waals surface area contributed by atoms with Gasteiger partial charge in [0, 0.05) is 16.6 Å². The van der Waals surface area contributed by atoms with E-state index in [9.17, 15) is 0 Å². The summed E-state index contributed by atoms with van der Waals surface area (Å²) in [4.78, 5) is 0. The minimum absolute atomic E-state index is 1.07. The highest BCUT2D eigenvalue weighted by Crippen LogP contribution is 2.45. The molecule has 0 saturated carbocycles. The molecule has 1 nitrogen and oxygen atoms in total. The van der Waals surface area contributed by atoms with E-state index in [-0.39, 0.29) is 0 Å². The van der Waals surface area contributed by atoms with Crippen LogP contribution in [-0.4, -0.2) is 4.57 Å². The number of aromatic nitrogens is 1. The van der Waals surface area contributed by atoms with E-state index >= 15 is 0 Å². The Bertz CT molecular complexity index is 1330. The second kappa shape index (κ2) is 6.49. The third-order valence-electron chi connectivity index (χ3n) is 6.08. The summed E-state index contributed by atoms with van der Waals surface area (Å²) < 4.78 is 2.52. The monoisotopic (exact) mass is 371 g/mol. The Morgan fingerprint density at radius 2 is 1.14 bits per heavy atom. The van der Waals surface area contributed by atoms with Gasteiger partial charge in [-0.25, -0.2) is 0 Å². The maximum atomic E-state index is 2.52. The SMILES string of the molecule is c1ccc(-c2c(-c3ccccc3)n3c4c(cccc24)CCc2ccccc2-3)cc1. The van der Waals surface area contributed by atoms with E-state index in [1.165, 1.54) is 50.1 Å². The molecule has 0 fully saturated rings. The predicted octanol–water partition coefficient (Wildman–Crippen LogP) is 7.06. The molecule has 29 heavy (non-hydrogen) atoms. The number of para-hydroxylation sites is 2. The standard InChI is InChI=1S/C28H21N/c1-3-11-21(12-4-1)26-24-16-9-15-23-19-18-20-10-7-8-17-25(20)29(27(23)24)28(26)22-13-5-2-6-14-22/h1-17H,18-19H2. The van der Waals surface area contributed by atoms with Crippen LogP contribution in [0.4, 0.5) is 0 Å². The molecule has 0 saturated heterocycles. The lowest BCUT2D eigenvalue weighted by molar-refractivity contribution is 0.973. The van der Waals surface area contributed by atoms with Gasteiger partial charge in [-0.15, -0.1) is 0 Å². The molecular weight excluding hydrogens is 350 g/mol. The quantitative estimate of drug-likeness (QED) is 0.313. The summed E-state index contributed by atoms with van der Waals surface area (Å²) in [6.07, 6.45) is 2.15. The van der Waals surface area contributed by atoms with Crippen LogP contribution < -0.4 is 0 Å². The molecule has 0 aliphatic carbocycles. The number of fused-ring (bicyclic) bond motifs is 2. The van der Waals surface area contributed by atoms with Gasteiger partial charge in [-0.1, -0.05) is 97.1 Å². The van der Waals surface area contributed by atoms with Crippen molar-refractivity contribution in [2.24, 2.45) is 0 Å². The second-order valence-corrected chi connectivity index (χ2v) is 7.73. The molecule has 0 amide bonds. The van der Waals surface area contributed by atoms with Crippen molar-refractivity contribution >= 4 is 10.9 Å². The fraction of sp³-hybridized carbons (Fsp3) is 0.0714. The first-order valence-electron chi connectivity index (χ1n) is 10.3. The molecule has 0 spiro atoms. The van der Waals surface area contributed by atoms with Crippen molar-refractivity contribution < 1.29 is 0 Å². The minimum Gasteiger partial charge on any atom is -0.308 e. The molecule has 6 rings (SSSR count). The average Bonchev–Trinajstić information content (AvgIpc) is 3.05. The van der Waals surface area contributed by atoms with E-state index in [4.69, 9.17) is 0 Å². The van der Waals surface area contributed by atoms with Gasteiger partial charge in [-0.3, -0.25) is 0 Å². The molecule has 1 aliphatic rings. The molecule has 2 heterocycles. The Morgan fingerprint density at radius 1 is 0.517 bits per heavy atom. The highest BCUT2D eigenvalue weighted by molar-refractivity contribution is 6.07. The summed E-state index contributed by atoms with van der Waals surface area (Å²) in [6, 6.07) is 37.4. The summed E-state index contributed by atoms with van der Waals surface area (Å²) >= 11 is 0. The zero-order valence-corrected chi connectivity index (χ0v) is 16.2. The van der Waals surface area contributed by atoms with Crippen molar-refractivity contribution in [2.75, 3.05) is 0 Å². The highest BCUT2D eigenvalue weighted by atomic mass is 15.0. The van der Waals surface area contributed by atoms with Gasteiger partial charge in [0.2, 0.25) is 0 Å². The van der Waals surface area contributed by atoms with Crippen LogP contribution in [-0.2, 0) is 12.8 Å². The number of hydrogen-bond donors (Lipinski definition) is 0.